The Bertz CT molecular complexity index is 1570. The lowest BCUT2D eigenvalue weighted by molar-refractivity contribution is 0.0706. The Morgan fingerprint density at radius 3 is 2.70 bits per heavy atom. The average Bonchev–Trinajstić information content (AvgIpc) is 3.55. The van der Waals surface area contributed by atoms with E-state index in [-0.39, 0.29) is 5.91 Å². The van der Waals surface area contributed by atoms with E-state index in [4.69, 9.17) is 14.8 Å². The smallest absolute Gasteiger partial charge is 0.271 e. The molecule has 6 rings (SSSR count). The van der Waals surface area contributed by atoms with Gasteiger partial charge in [0.25, 0.3) is 5.91 Å². The molecule has 5 heterocycles. The molecular formula is C28H29N7O2. The SMILES string of the molecule is CNC(=O)c1cnc2c(N(C)Cc3ccccc3)cc(-c3cn(C4CCOCC4)c4ncccc34)nn12. The van der Waals surface area contributed by atoms with Crippen LogP contribution in [0.5, 0.6) is 0 Å². The number of hydrogen-bond donors (Lipinski definition) is 1. The monoisotopic (exact) mass is 495 g/mol. The van der Waals surface area contributed by atoms with Gasteiger partial charge in [0.1, 0.15) is 5.65 Å². The molecule has 37 heavy (non-hydrogen) atoms. The van der Waals surface area contributed by atoms with Gasteiger partial charge in [0.05, 0.1) is 17.6 Å². The van der Waals surface area contributed by atoms with Gasteiger partial charge in [0.15, 0.2) is 11.3 Å². The topological polar surface area (TPSA) is 89.6 Å². The van der Waals surface area contributed by atoms with Crippen LogP contribution in [-0.4, -0.2) is 57.4 Å². The molecule has 5 aromatic rings. The summed E-state index contributed by atoms with van der Waals surface area (Å²) in [7, 11) is 3.65. The minimum absolute atomic E-state index is 0.236. The Morgan fingerprint density at radius 2 is 1.92 bits per heavy atom. The minimum Gasteiger partial charge on any atom is -0.381 e. The second kappa shape index (κ2) is 9.67. The predicted molar refractivity (Wildman–Crippen MR) is 143 cm³/mol. The molecular weight excluding hydrogens is 466 g/mol. The van der Waals surface area contributed by atoms with Crippen LogP contribution in [0, 0.1) is 0 Å². The van der Waals surface area contributed by atoms with Crippen molar-refractivity contribution in [3.8, 4) is 11.3 Å². The first-order chi connectivity index (χ1) is 18.1. The molecule has 9 heteroatoms. The lowest BCUT2D eigenvalue weighted by Gasteiger charge is -2.24. The van der Waals surface area contributed by atoms with E-state index in [1.165, 1.54) is 5.56 Å². The molecule has 0 aliphatic carbocycles. The molecule has 1 aliphatic rings. The molecule has 4 aromatic heterocycles. The van der Waals surface area contributed by atoms with Crippen LogP contribution in [0.1, 0.15) is 34.9 Å². The lowest BCUT2D eigenvalue weighted by atomic mass is 10.1. The number of imidazole rings is 1. The van der Waals surface area contributed by atoms with Crippen LogP contribution in [0.2, 0.25) is 0 Å². The van der Waals surface area contributed by atoms with E-state index in [2.05, 4.69) is 50.2 Å². The molecule has 0 spiro atoms. The number of benzene rings is 1. The zero-order chi connectivity index (χ0) is 25.4. The Kier molecular flexibility index (Phi) is 6.05. The number of hydrogen-bond acceptors (Lipinski definition) is 6. The van der Waals surface area contributed by atoms with Gasteiger partial charge in [-0.25, -0.2) is 14.5 Å². The zero-order valence-corrected chi connectivity index (χ0v) is 21.0. The number of pyridine rings is 1. The second-order valence-electron chi connectivity index (χ2n) is 9.38. The Labute approximate surface area is 214 Å². The number of fused-ring (bicyclic) bond motifs is 2. The Balaban J connectivity index is 1.53. The van der Waals surface area contributed by atoms with Crippen molar-refractivity contribution >= 4 is 28.3 Å². The number of anilines is 1. The van der Waals surface area contributed by atoms with Gasteiger partial charge >= 0.3 is 0 Å². The number of amides is 1. The number of rotatable bonds is 6. The normalized spacial score (nSPS) is 14.3. The summed E-state index contributed by atoms with van der Waals surface area (Å²) in [6.07, 6.45) is 7.45. The van der Waals surface area contributed by atoms with Gasteiger partial charge in [-0.2, -0.15) is 5.10 Å². The van der Waals surface area contributed by atoms with Crippen molar-refractivity contribution in [2.75, 3.05) is 32.2 Å². The quantitative estimate of drug-likeness (QED) is 0.382. The first-order valence-corrected chi connectivity index (χ1v) is 12.5. The first kappa shape index (κ1) is 23.2. The summed E-state index contributed by atoms with van der Waals surface area (Å²) in [6, 6.07) is 16.7. The van der Waals surface area contributed by atoms with Gasteiger partial charge in [-0.05, 0) is 36.6 Å². The minimum atomic E-state index is -0.236. The number of aromatic nitrogens is 5. The van der Waals surface area contributed by atoms with Gasteiger partial charge in [-0.3, -0.25) is 4.79 Å². The second-order valence-corrected chi connectivity index (χ2v) is 9.38. The molecule has 0 bridgehead atoms. The maximum Gasteiger partial charge on any atom is 0.271 e. The van der Waals surface area contributed by atoms with Gasteiger partial charge in [0, 0.05) is 63.2 Å². The largest absolute Gasteiger partial charge is 0.381 e. The van der Waals surface area contributed by atoms with Crippen molar-refractivity contribution in [2.45, 2.75) is 25.4 Å². The van der Waals surface area contributed by atoms with Crippen LogP contribution in [0.15, 0.2) is 67.1 Å². The summed E-state index contributed by atoms with van der Waals surface area (Å²) in [5.74, 6) is -0.236. The highest BCUT2D eigenvalue weighted by molar-refractivity contribution is 5.96. The fourth-order valence-electron chi connectivity index (χ4n) is 5.12. The summed E-state index contributed by atoms with van der Waals surface area (Å²) in [5, 5.41) is 8.67. The number of carbonyl (C=O) groups is 1. The number of nitrogens with one attached hydrogen (secondary N) is 1. The molecule has 1 amide bonds. The van der Waals surface area contributed by atoms with Crippen molar-refractivity contribution in [3.05, 3.63) is 78.4 Å². The van der Waals surface area contributed by atoms with Crippen molar-refractivity contribution in [1.29, 1.82) is 0 Å². The molecule has 1 aliphatic heterocycles. The van der Waals surface area contributed by atoms with Crippen molar-refractivity contribution in [3.63, 3.8) is 0 Å². The van der Waals surface area contributed by atoms with Crippen LogP contribution < -0.4 is 10.2 Å². The van der Waals surface area contributed by atoms with Crippen LogP contribution in [0.3, 0.4) is 0 Å². The van der Waals surface area contributed by atoms with Gasteiger partial charge in [0.2, 0.25) is 0 Å². The van der Waals surface area contributed by atoms with E-state index < -0.39 is 0 Å². The fourth-order valence-corrected chi connectivity index (χ4v) is 5.12. The number of carbonyl (C=O) groups excluding carboxylic acids is 1. The van der Waals surface area contributed by atoms with Gasteiger partial charge < -0.3 is 19.5 Å². The van der Waals surface area contributed by atoms with Crippen LogP contribution in [0.25, 0.3) is 27.9 Å². The van der Waals surface area contributed by atoms with Crippen molar-refractivity contribution in [2.24, 2.45) is 0 Å². The Morgan fingerprint density at radius 1 is 1.11 bits per heavy atom. The fraction of sp³-hybridized carbons (Fsp3) is 0.286. The van der Waals surface area contributed by atoms with E-state index in [0.29, 0.717) is 23.9 Å². The third-order valence-electron chi connectivity index (χ3n) is 7.03. The maximum absolute atomic E-state index is 12.7. The van der Waals surface area contributed by atoms with Crippen LogP contribution in [-0.2, 0) is 11.3 Å². The number of ether oxygens (including phenoxy) is 1. The van der Waals surface area contributed by atoms with Crippen LogP contribution >= 0.6 is 0 Å². The third kappa shape index (κ3) is 4.21. The molecule has 0 unspecified atom stereocenters. The highest BCUT2D eigenvalue weighted by Crippen LogP contribution is 2.35. The van der Waals surface area contributed by atoms with E-state index in [1.54, 1.807) is 17.8 Å². The summed E-state index contributed by atoms with van der Waals surface area (Å²) in [4.78, 5) is 24.1. The highest BCUT2D eigenvalue weighted by Gasteiger charge is 2.23. The predicted octanol–water partition coefficient (Wildman–Crippen LogP) is 4.09. The molecule has 1 N–H and O–H groups in total. The summed E-state index contributed by atoms with van der Waals surface area (Å²) < 4.78 is 9.52. The molecule has 1 fully saturated rings. The first-order valence-electron chi connectivity index (χ1n) is 12.5. The van der Waals surface area contributed by atoms with Gasteiger partial charge in [-0.15, -0.1) is 0 Å². The number of nitrogens with zero attached hydrogens (tertiary/aromatic N) is 6. The summed E-state index contributed by atoms with van der Waals surface area (Å²) in [6.45, 7) is 2.18. The Hall–Kier alpha value is -4.24. The molecule has 0 saturated carbocycles. The standard InChI is InChI=1S/C28H29N7O2/c1-29-28(36)25-16-31-27-24(33(2)17-19-7-4-3-5-8-19)15-23(32-35(25)27)22-18-34(20-10-13-37-14-11-20)26-21(22)9-6-12-30-26/h3-9,12,15-16,18,20H,10-11,13-14,17H2,1-2H3,(H,29,36). The summed E-state index contributed by atoms with van der Waals surface area (Å²) in [5.41, 5.74) is 5.76. The van der Waals surface area contributed by atoms with Gasteiger partial charge in [-0.1, -0.05) is 30.3 Å². The molecule has 0 atom stereocenters. The molecule has 1 saturated heterocycles. The molecule has 188 valence electrons. The molecule has 1 aromatic carbocycles. The van der Waals surface area contributed by atoms with Crippen molar-refractivity contribution < 1.29 is 9.53 Å². The average molecular weight is 496 g/mol. The molecule has 0 radical (unpaired) electrons. The maximum atomic E-state index is 12.7. The highest BCUT2D eigenvalue weighted by atomic mass is 16.5. The van der Waals surface area contributed by atoms with E-state index >= 15 is 0 Å². The van der Waals surface area contributed by atoms with E-state index in [0.717, 1.165) is 54.0 Å². The summed E-state index contributed by atoms with van der Waals surface area (Å²) >= 11 is 0. The van der Waals surface area contributed by atoms with Crippen LogP contribution in [0.4, 0.5) is 5.69 Å². The van der Waals surface area contributed by atoms with E-state index in [1.807, 2.05) is 37.5 Å². The van der Waals surface area contributed by atoms with E-state index in [9.17, 15) is 4.79 Å². The lowest BCUT2D eigenvalue weighted by Crippen LogP contribution is -2.22. The third-order valence-corrected chi connectivity index (χ3v) is 7.03. The van der Waals surface area contributed by atoms with Crippen molar-refractivity contribution in [1.82, 2.24) is 29.5 Å². The zero-order valence-electron chi connectivity index (χ0n) is 21.0. The molecule has 9 nitrogen and oxygen atoms in total.